The molecule has 0 radical (unpaired) electrons. The third-order valence-corrected chi connectivity index (χ3v) is 5.19. The van der Waals surface area contributed by atoms with Gasteiger partial charge in [0.1, 0.15) is 0 Å². The second-order valence-corrected chi connectivity index (χ2v) is 7.13. The van der Waals surface area contributed by atoms with Crippen molar-refractivity contribution in [3.8, 4) is 0 Å². The molecule has 1 aromatic carbocycles. The fourth-order valence-corrected chi connectivity index (χ4v) is 3.81. The number of thiophene rings is 1. The van der Waals surface area contributed by atoms with Crippen LogP contribution in [0.3, 0.4) is 0 Å². The van der Waals surface area contributed by atoms with Gasteiger partial charge in [-0.15, -0.1) is 11.3 Å². The lowest BCUT2D eigenvalue weighted by Crippen LogP contribution is -2.35. The Morgan fingerprint density at radius 2 is 2.10 bits per heavy atom. The number of nitrogens with zero attached hydrogens (tertiary/aromatic N) is 1. The van der Waals surface area contributed by atoms with Gasteiger partial charge in [-0.1, -0.05) is 24.3 Å². The van der Waals surface area contributed by atoms with Crippen LogP contribution in [0.5, 0.6) is 0 Å². The highest BCUT2D eigenvalue weighted by molar-refractivity contribution is 7.09. The van der Waals surface area contributed by atoms with Crippen LogP contribution >= 0.6 is 11.3 Å². The first kappa shape index (κ1) is 14.6. The highest BCUT2D eigenvalue weighted by atomic mass is 32.1. The molecule has 1 atom stereocenters. The van der Waals surface area contributed by atoms with Gasteiger partial charge >= 0.3 is 0 Å². The maximum Gasteiger partial charge on any atom is 0.0376 e. The van der Waals surface area contributed by atoms with Crippen molar-refractivity contribution in [2.75, 3.05) is 18.4 Å². The summed E-state index contributed by atoms with van der Waals surface area (Å²) in [5.74, 6) is 0.643. The largest absolute Gasteiger partial charge is 0.385 e. The van der Waals surface area contributed by atoms with Gasteiger partial charge in [0.15, 0.2) is 0 Å². The van der Waals surface area contributed by atoms with Crippen molar-refractivity contribution in [1.29, 1.82) is 0 Å². The molecule has 112 valence electrons. The Bertz CT molecular complexity index is 562. The molecule has 1 aromatic heterocycles. The summed E-state index contributed by atoms with van der Waals surface area (Å²) < 4.78 is 0. The molecule has 2 aromatic rings. The fourth-order valence-electron chi connectivity index (χ4n) is 3.08. The van der Waals surface area contributed by atoms with Crippen molar-refractivity contribution < 1.29 is 0 Å². The number of para-hydroxylation sites is 1. The summed E-state index contributed by atoms with van der Waals surface area (Å²) >= 11 is 1.86. The molecule has 1 unspecified atom stereocenters. The van der Waals surface area contributed by atoms with Crippen molar-refractivity contribution >= 4 is 17.0 Å². The number of hydrogen-bond acceptors (Lipinski definition) is 3. The van der Waals surface area contributed by atoms with E-state index in [1.807, 2.05) is 11.3 Å². The highest BCUT2D eigenvalue weighted by Crippen LogP contribution is 2.32. The summed E-state index contributed by atoms with van der Waals surface area (Å²) in [6.45, 7) is 7.92. The van der Waals surface area contributed by atoms with Gasteiger partial charge in [0.05, 0.1) is 0 Å². The molecule has 1 aliphatic rings. The molecular formula is C18H24N2S. The van der Waals surface area contributed by atoms with Crippen LogP contribution < -0.4 is 5.32 Å². The van der Waals surface area contributed by atoms with Gasteiger partial charge in [0, 0.05) is 42.2 Å². The van der Waals surface area contributed by atoms with E-state index in [1.165, 1.54) is 22.5 Å². The Morgan fingerprint density at radius 3 is 2.86 bits per heavy atom. The maximum absolute atomic E-state index is 3.52. The van der Waals surface area contributed by atoms with E-state index in [9.17, 15) is 0 Å². The van der Waals surface area contributed by atoms with Gasteiger partial charge in [-0.05, 0) is 43.3 Å². The molecular weight excluding hydrogens is 276 g/mol. The molecule has 1 N–H and O–H groups in total. The fraction of sp³-hybridized carbons (Fsp3) is 0.444. The molecule has 3 heteroatoms. The van der Waals surface area contributed by atoms with Gasteiger partial charge in [0.25, 0.3) is 0 Å². The average molecular weight is 300 g/mol. The van der Waals surface area contributed by atoms with E-state index in [0.29, 0.717) is 12.0 Å². The lowest BCUT2D eigenvalue weighted by molar-refractivity contribution is 0.198. The van der Waals surface area contributed by atoms with Crippen LogP contribution in [-0.4, -0.2) is 24.0 Å². The minimum absolute atomic E-state index is 0.578. The van der Waals surface area contributed by atoms with E-state index in [-0.39, 0.29) is 0 Å². The molecule has 2 nitrogen and oxygen atoms in total. The molecule has 3 rings (SSSR count). The van der Waals surface area contributed by atoms with Crippen molar-refractivity contribution in [1.82, 2.24) is 4.90 Å². The molecule has 0 saturated carbocycles. The predicted octanol–water partition coefficient (Wildman–Crippen LogP) is 4.56. The Hall–Kier alpha value is -1.32. The van der Waals surface area contributed by atoms with Crippen LogP contribution in [0.2, 0.25) is 0 Å². The predicted molar refractivity (Wildman–Crippen MR) is 92.2 cm³/mol. The minimum atomic E-state index is 0.578. The number of rotatable bonds is 5. The van der Waals surface area contributed by atoms with Crippen LogP contribution in [-0.2, 0) is 6.54 Å². The van der Waals surface area contributed by atoms with E-state index >= 15 is 0 Å². The zero-order valence-electron chi connectivity index (χ0n) is 12.9. The maximum atomic E-state index is 3.52. The van der Waals surface area contributed by atoms with Gasteiger partial charge in [-0.2, -0.15) is 0 Å². The summed E-state index contributed by atoms with van der Waals surface area (Å²) in [5.41, 5.74) is 2.81. The summed E-state index contributed by atoms with van der Waals surface area (Å²) in [6, 6.07) is 13.8. The normalized spacial score (nSPS) is 17.8. The third kappa shape index (κ3) is 3.47. The quantitative estimate of drug-likeness (QED) is 0.871. The molecule has 0 amide bonds. The summed E-state index contributed by atoms with van der Waals surface area (Å²) in [6.07, 6.45) is 1.23. The molecule has 1 aliphatic heterocycles. The molecule has 2 heterocycles. The monoisotopic (exact) mass is 300 g/mol. The van der Waals surface area contributed by atoms with Gasteiger partial charge in [0.2, 0.25) is 0 Å². The van der Waals surface area contributed by atoms with Gasteiger partial charge in [-0.3, -0.25) is 4.90 Å². The van der Waals surface area contributed by atoms with Crippen molar-refractivity contribution in [2.24, 2.45) is 0 Å². The van der Waals surface area contributed by atoms with Gasteiger partial charge < -0.3 is 5.32 Å². The zero-order valence-corrected chi connectivity index (χ0v) is 13.7. The van der Waals surface area contributed by atoms with Gasteiger partial charge in [-0.25, -0.2) is 0 Å². The number of fused-ring (bicyclic) bond motifs is 1. The molecule has 0 fully saturated rings. The first-order valence-corrected chi connectivity index (χ1v) is 8.71. The van der Waals surface area contributed by atoms with E-state index in [0.717, 1.165) is 19.6 Å². The Balaban J connectivity index is 1.74. The molecule has 21 heavy (non-hydrogen) atoms. The molecule has 0 bridgehead atoms. The zero-order chi connectivity index (χ0) is 14.7. The van der Waals surface area contributed by atoms with Crippen molar-refractivity contribution in [2.45, 2.75) is 38.8 Å². The second kappa shape index (κ2) is 6.63. The van der Waals surface area contributed by atoms with Crippen LogP contribution in [0.15, 0.2) is 41.8 Å². The van der Waals surface area contributed by atoms with E-state index in [2.05, 4.69) is 65.8 Å². The lowest BCUT2D eigenvalue weighted by atomic mass is 9.90. The summed E-state index contributed by atoms with van der Waals surface area (Å²) in [4.78, 5) is 4.07. The number of anilines is 1. The Labute approximate surface area is 131 Å². The summed E-state index contributed by atoms with van der Waals surface area (Å²) in [5, 5.41) is 5.70. The first-order valence-electron chi connectivity index (χ1n) is 7.83. The molecule has 0 spiro atoms. The smallest absolute Gasteiger partial charge is 0.0376 e. The van der Waals surface area contributed by atoms with Crippen LogP contribution in [0.1, 0.15) is 36.6 Å². The van der Waals surface area contributed by atoms with E-state index in [1.54, 1.807) is 0 Å². The minimum Gasteiger partial charge on any atom is -0.385 e. The summed E-state index contributed by atoms with van der Waals surface area (Å²) in [7, 11) is 0. The highest BCUT2D eigenvalue weighted by Gasteiger charge is 2.23. The second-order valence-electron chi connectivity index (χ2n) is 6.10. The van der Waals surface area contributed by atoms with E-state index in [4.69, 9.17) is 0 Å². The average Bonchev–Trinajstić information content (AvgIpc) is 3.00. The number of benzene rings is 1. The lowest BCUT2D eigenvalue weighted by Gasteiger charge is -2.34. The standard InChI is InChI=1S/C18H24N2S/c1-14(2)20(13-16-6-5-11-21-16)12-15-9-10-19-18-8-4-3-7-17(15)18/h3-8,11,14-15,19H,9-10,12-13H2,1-2H3. The third-order valence-electron chi connectivity index (χ3n) is 4.33. The van der Waals surface area contributed by atoms with E-state index < -0.39 is 0 Å². The Morgan fingerprint density at radius 1 is 1.24 bits per heavy atom. The van der Waals surface area contributed by atoms with Crippen LogP contribution in [0.4, 0.5) is 5.69 Å². The van der Waals surface area contributed by atoms with Crippen LogP contribution in [0, 0.1) is 0 Å². The SMILES string of the molecule is CC(C)N(Cc1cccs1)CC1CCNc2ccccc21. The number of hydrogen-bond donors (Lipinski definition) is 1. The Kier molecular flexibility index (Phi) is 4.61. The van der Waals surface area contributed by atoms with Crippen molar-refractivity contribution in [3.05, 3.63) is 52.2 Å². The molecule has 0 saturated heterocycles. The van der Waals surface area contributed by atoms with Crippen LogP contribution in [0.25, 0.3) is 0 Å². The molecule has 0 aliphatic carbocycles. The van der Waals surface area contributed by atoms with Crippen molar-refractivity contribution in [3.63, 3.8) is 0 Å². The number of nitrogens with one attached hydrogen (secondary N) is 1. The first-order chi connectivity index (χ1) is 10.2. The topological polar surface area (TPSA) is 15.3 Å².